The molecule has 2 aromatic carbocycles. The number of hydrogen-bond acceptors (Lipinski definition) is 5. The van der Waals surface area contributed by atoms with Crippen LogP contribution in [0, 0.1) is 6.92 Å². The van der Waals surface area contributed by atoms with Crippen molar-refractivity contribution in [2.45, 2.75) is 44.8 Å². The van der Waals surface area contributed by atoms with Gasteiger partial charge in [-0.15, -0.1) is 0 Å². The monoisotopic (exact) mass is 472 g/mol. The highest BCUT2D eigenvalue weighted by atomic mass is 19.4. The molecule has 0 aliphatic carbocycles. The summed E-state index contributed by atoms with van der Waals surface area (Å²) in [6, 6.07) is 10.9. The molecule has 0 unspecified atom stereocenters. The van der Waals surface area contributed by atoms with Gasteiger partial charge in [0.25, 0.3) is 0 Å². The van der Waals surface area contributed by atoms with Crippen LogP contribution < -0.4 is 5.32 Å². The zero-order valence-electron chi connectivity index (χ0n) is 19.1. The maximum atomic E-state index is 13.2. The van der Waals surface area contributed by atoms with E-state index in [-0.39, 0.29) is 6.54 Å². The number of aryl methyl sites for hydroxylation is 1. The van der Waals surface area contributed by atoms with Gasteiger partial charge in [-0.2, -0.15) is 13.2 Å². The number of carboxylic acids is 1. The van der Waals surface area contributed by atoms with Crippen LogP contribution in [0.4, 0.5) is 19.0 Å². The predicted molar refractivity (Wildman–Crippen MR) is 124 cm³/mol. The van der Waals surface area contributed by atoms with E-state index in [4.69, 9.17) is 5.11 Å². The minimum absolute atomic E-state index is 0.0546. The summed E-state index contributed by atoms with van der Waals surface area (Å²) in [5.41, 5.74) is 1.73. The number of piperidine rings is 1. The highest BCUT2D eigenvalue weighted by Crippen LogP contribution is 2.34. The molecular weight excluding hydrogens is 445 g/mol. The Labute approximate surface area is 195 Å². The van der Waals surface area contributed by atoms with E-state index >= 15 is 0 Å². The number of hydrogen-bond donors (Lipinski definition) is 2. The van der Waals surface area contributed by atoms with E-state index < -0.39 is 23.8 Å². The average Bonchev–Trinajstić information content (AvgIpc) is 2.78. The first kappa shape index (κ1) is 23.9. The molecule has 1 aliphatic heterocycles. The van der Waals surface area contributed by atoms with Gasteiger partial charge in [-0.25, -0.2) is 9.97 Å². The van der Waals surface area contributed by atoms with Gasteiger partial charge >= 0.3 is 12.1 Å². The smallest absolute Gasteiger partial charge is 0.416 e. The van der Waals surface area contributed by atoms with Crippen LogP contribution in [0.15, 0.2) is 42.5 Å². The number of anilines is 1. The van der Waals surface area contributed by atoms with Crippen molar-refractivity contribution in [3.63, 3.8) is 0 Å². The van der Waals surface area contributed by atoms with Crippen molar-refractivity contribution in [2.24, 2.45) is 0 Å². The molecule has 6 nitrogen and oxygen atoms in total. The third kappa shape index (κ3) is 5.47. The molecule has 4 rings (SSSR count). The van der Waals surface area contributed by atoms with E-state index in [9.17, 15) is 18.0 Å². The van der Waals surface area contributed by atoms with E-state index in [0.29, 0.717) is 23.1 Å². The number of aromatic nitrogens is 2. The summed E-state index contributed by atoms with van der Waals surface area (Å²) in [4.78, 5) is 22.0. The number of nitrogens with zero attached hydrogens (tertiary/aromatic N) is 3. The summed E-state index contributed by atoms with van der Waals surface area (Å²) in [6.07, 6.45) is -2.69. The second-order valence-electron chi connectivity index (χ2n) is 8.83. The summed E-state index contributed by atoms with van der Waals surface area (Å²) in [7, 11) is 0. The molecule has 180 valence electrons. The number of carbonyl (C=O) groups is 1. The highest BCUT2D eigenvalue weighted by Gasteiger charge is 2.31. The first-order valence-electron chi connectivity index (χ1n) is 11.3. The Kier molecular flexibility index (Phi) is 6.74. The molecule has 9 heteroatoms. The number of nitrogens with one attached hydrogen (secondary N) is 1. The summed E-state index contributed by atoms with van der Waals surface area (Å²) in [5, 5.41) is 13.1. The minimum Gasteiger partial charge on any atom is -0.480 e. The Balaban J connectivity index is 1.59. The number of carboxylic acid groups (broad SMARTS) is 1. The second kappa shape index (κ2) is 9.58. The fourth-order valence-electron chi connectivity index (χ4n) is 4.51. The van der Waals surface area contributed by atoms with Crippen molar-refractivity contribution in [3.8, 4) is 0 Å². The SMILES string of the molecule is Cc1nc(N[C@H](C)c2cccc(C(F)(F)F)c2)c2cc(C3CCN(CC(=O)O)CC3)ccc2n1. The van der Waals surface area contributed by atoms with Crippen molar-refractivity contribution in [2.75, 3.05) is 25.0 Å². The van der Waals surface area contributed by atoms with Crippen LogP contribution in [-0.2, 0) is 11.0 Å². The Morgan fingerprint density at radius 1 is 1.18 bits per heavy atom. The largest absolute Gasteiger partial charge is 0.480 e. The highest BCUT2D eigenvalue weighted by molar-refractivity contribution is 5.90. The average molecular weight is 473 g/mol. The standard InChI is InChI=1S/C25H27F3N4O2/c1-15(18-4-3-5-20(12-18)25(26,27)28)29-24-21-13-19(6-7-22(21)30-16(2)31-24)17-8-10-32(11-9-17)14-23(33)34/h3-7,12-13,15,17H,8-11,14H2,1-2H3,(H,33,34)(H,29,30,31)/t15-/m1/s1. The predicted octanol–water partition coefficient (Wildman–Crippen LogP) is 5.39. The van der Waals surface area contributed by atoms with Crippen molar-refractivity contribution in [3.05, 3.63) is 65.0 Å². The number of aliphatic carboxylic acids is 1. The number of halogens is 3. The molecule has 0 amide bonds. The van der Waals surface area contributed by atoms with E-state index in [2.05, 4.69) is 15.3 Å². The molecular formula is C25H27F3N4O2. The van der Waals surface area contributed by atoms with Crippen LogP contribution >= 0.6 is 0 Å². The Morgan fingerprint density at radius 3 is 2.59 bits per heavy atom. The lowest BCUT2D eigenvalue weighted by Crippen LogP contribution is -2.36. The first-order valence-corrected chi connectivity index (χ1v) is 11.3. The van der Waals surface area contributed by atoms with Crippen molar-refractivity contribution < 1.29 is 23.1 Å². The molecule has 3 aromatic rings. The molecule has 0 spiro atoms. The van der Waals surface area contributed by atoms with Gasteiger partial charge in [0.15, 0.2) is 0 Å². The molecule has 0 radical (unpaired) electrons. The Bertz CT molecular complexity index is 1190. The van der Waals surface area contributed by atoms with Gasteiger partial charge in [0.2, 0.25) is 0 Å². The molecule has 1 fully saturated rings. The van der Waals surface area contributed by atoms with E-state index in [1.807, 2.05) is 23.1 Å². The van der Waals surface area contributed by atoms with Crippen LogP contribution in [0.5, 0.6) is 0 Å². The van der Waals surface area contributed by atoms with Crippen LogP contribution in [-0.4, -0.2) is 45.6 Å². The third-order valence-electron chi connectivity index (χ3n) is 6.32. The zero-order valence-corrected chi connectivity index (χ0v) is 19.1. The lowest BCUT2D eigenvalue weighted by Gasteiger charge is -2.31. The fraction of sp³-hybridized carbons (Fsp3) is 0.400. The van der Waals surface area contributed by atoms with Crippen molar-refractivity contribution in [1.82, 2.24) is 14.9 Å². The van der Waals surface area contributed by atoms with Crippen LogP contribution in [0.1, 0.15) is 54.2 Å². The van der Waals surface area contributed by atoms with E-state index in [1.54, 1.807) is 19.9 Å². The summed E-state index contributed by atoms with van der Waals surface area (Å²) in [6.45, 7) is 5.08. The minimum atomic E-state index is -4.40. The number of benzene rings is 2. The molecule has 34 heavy (non-hydrogen) atoms. The zero-order chi connectivity index (χ0) is 24.5. The molecule has 0 bridgehead atoms. The van der Waals surface area contributed by atoms with Crippen molar-refractivity contribution in [1.29, 1.82) is 0 Å². The third-order valence-corrected chi connectivity index (χ3v) is 6.32. The fourth-order valence-corrected chi connectivity index (χ4v) is 4.51. The Hall–Kier alpha value is -3.20. The second-order valence-corrected chi connectivity index (χ2v) is 8.83. The van der Waals surface area contributed by atoms with Gasteiger partial charge in [0.1, 0.15) is 11.6 Å². The number of likely N-dealkylation sites (tertiary alicyclic amines) is 1. The van der Waals surface area contributed by atoms with Gasteiger partial charge in [0.05, 0.1) is 17.6 Å². The molecule has 2 N–H and O–H groups in total. The van der Waals surface area contributed by atoms with Crippen LogP contribution in [0.2, 0.25) is 0 Å². The van der Waals surface area contributed by atoms with Crippen LogP contribution in [0.3, 0.4) is 0 Å². The topological polar surface area (TPSA) is 78.4 Å². The summed E-state index contributed by atoms with van der Waals surface area (Å²) < 4.78 is 39.5. The van der Waals surface area contributed by atoms with E-state index in [1.165, 1.54) is 6.07 Å². The molecule has 2 heterocycles. The van der Waals surface area contributed by atoms with Crippen molar-refractivity contribution >= 4 is 22.7 Å². The molecule has 1 aromatic heterocycles. The Morgan fingerprint density at radius 2 is 1.91 bits per heavy atom. The van der Waals surface area contributed by atoms with Gasteiger partial charge in [0, 0.05) is 11.4 Å². The quantitative estimate of drug-likeness (QED) is 0.501. The maximum Gasteiger partial charge on any atom is 0.416 e. The molecule has 1 saturated heterocycles. The van der Waals surface area contributed by atoms with Gasteiger partial charge in [-0.1, -0.05) is 18.2 Å². The molecule has 1 aliphatic rings. The lowest BCUT2D eigenvalue weighted by molar-refractivity contribution is -0.139. The van der Waals surface area contributed by atoms with Gasteiger partial charge in [-0.05, 0) is 81.1 Å². The van der Waals surface area contributed by atoms with Crippen LogP contribution in [0.25, 0.3) is 10.9 Å². The first-order chi connectivity index (χ1) is 16.1. The number of rotatable bonds is 6. The molecule has 1 atom stereocenters. The van der Waals surface area contributed by atoms with Gasteiger partial charge < -0.3 is 10.4 Å². The van der Waals surface area contributed by atoms with Gasteiger partial charge in [-0.3, -0.25) is 9.69 Å². The number of fused-ring (bicyclic) bond motifs is 1. The lowest BCUT2D eigenvalue weighted by atomic mass is 9.88. The maximum absolute atomic E-state index is 13.2. The summed E-state index contributed by atoms with van der Waals surface area (Å²) in [5.74, 6) is 0.630. The number of alkyl halides is 3. The van der Waals surface area contributed by atoms with E-state index in [0.717, 1.165) is 54.5 Å². The molecule has 0 saturated carbocycles. The summed E-state index contributed by atoms with van der Waals surface area (Å²) >= 11 is 0. The normalized spacial score (nSPS) is 16.5.